The van der Waals surface area contributed by atoms with Crippen LogP contribution in [0.5, 0.6) is 11.5 Å². The van der Waals surface area contributed by atoms with Crippen LogP contribution in [0.4, 0.5) is 0 Å². The number of amides is 2. The van der Waals surface area contributed by atoms with Gasteiger partial charge in [0.15, 0.2) is 11.5 Å². The fourth-order valence-electron chi connectivity index (χ4n) is 3.50. The third-order valence-electron chi connectivity index (χ3n) is 4.91. The lowest BCUT2D eigenvalue weighted by molar-refractivity contribution is -0.137. The first-order valence-electron chi connectivity index (χ1n) is 8.43. The van der Waals surface area contributed by atoms with Crippen molar-refractivity contribution in [2.45, 2.75) is 37.1 Å². The predicted octanol–water partition coefficient (Wildman–Crippen LogP) is 1.82. The molecule has 0 radical (unpaired) electrons. The minimum Gasteiger partial charge on any atom is -0.493 e. The molecule has 25 heavy (non-hydrogen) atoms. The lowest BCUT2D eigenvalue weighted by Crippen LogP contribution is -2.50. The second-order valence-electron chi connectivity index (χ2n) is 6.50. The summed E-state index contributed by atoms with van der Waals surface area (Å²) in [6, 6.07) is 5.38. The van der Waals surface area contributed by atoms with E-state index in [1.807, 2.05) is 18.2 Å². The molecule has 0 spiro atoms. The summed E-state index contributed by atoms with van der Waals surface area (Å²) < 4.78 is 10.5. The Labute approximate surface area is 152 Å². The number of thioether (sulfide) groups is 1. The molecular formula is C18H24N2O4S. The van der Waals surface area contributed by atoms with Gasteiger partial charge in [-0.05, 0) is 37.5 Å². The molecule has 0 saturated carbocycles. The van der Waals surface area contributed by atoms with Crippen molar-refractivity contribution in [2.24, 2.45) is 0 Å². The summed E-state index contributed by atoms with van der Waals surface area (Å²) in [5, 5.41) is 2.97. The van der Waals surface area contributed by atoms with Crippen LogP contribution in [0.25, 0.3) is 0 Å². The number of hydrogen-bond donors (Lipinski definition) is 1. The average Bonchev–Trinajstić information content (AvgIpc) is 3.11. The van der Waals surface area contributed by atoms with Crippen molar-refractivity contribution in [3.63, 3.8) is 0 Å². The minimum atomic E-state index is -0.351. The molecule has 3 rings (SSSR count). The molecule has 6 nitrogen and oxygen atoms in total. The first kappa shape index (κ1) is 17.9. The van der Waals surface area contributed by atoms with Crippen LogP contribution in [0, 0.1) is 0 Å². The summed E-state index contributed by atoms with van der Waals surface area (Å²) in [5.41, 5.74) is 1.06. The molecule has 0 unspecified atom stereocenters. The maximum atomic E-state index is 12.5. The van der Waals surface area contributed by atoms with Crippen molar-refractivity contribution >= 4 is 23.6 Å². The number of benzene rings is 1. The Morgan fingerprint density at radius 3 is 2.84 bits per heavy atom. The number of fused-ring (bicyclic) bond motifs is 1. The molecular weight excluding hydrogens is 340 g/mol. The normalized spacial score (nSPS) is 25.0. The van der Waals surface area contributed by atoms with Crippen LogP contribution in [0.3, 0.4) is 0 Å². The average molecular weight is 364 g/mol. The monoisotopic (exact) mass is 364 g/mol. The van der Waals surface area contributed by atoms with E-state index >= 15 is 0 Å². The van der Waals surface area contributed by atoms with Crippen LogP contribution < -0.4 is 14.8 Å². The van der Waals surface area contributed by atoms with Gasteiger partial charge in [-0.1, -0.05) is 6.07 Å². The van der Waals surface area contributed by atoms with E-state index in [1.54, 1.807) is 30.9 Å². The SMILES string of the molecule is COc1ccc(CCNC(=O)[C@H]2CS[C@@]3(C)CCC(=O)N23)cc1OC. The largest absolute Gasteiger partial charge is 0.493 e. The predicted molar refractivity (Wildman–Crippen MR) is 97.0 cm³/mol. The van der Waals surface area contributed by atoms with Gasteiger partial charge in [0.1, 0.15) is 6.04 Å². The number of hydrogen-bond acceptors (Lipinski definition) is 5. The van der Waals surface area contributed by atoms with Crippen molar-refractivity contribution in [2.75, 3.05) is 26.5 Å². The van der Waals surface area contributed by atoms with Gasteiger partial charge in [0, 0.05) is 18.7 Å². The zero-order valence-electron chi connectivity index (χ0n) is 14.8. The highest BCUT2D eigenvalue weighted by atomic mass is 32.2. The maximum absolute atomic E-state index is 12.5. The number of ether oxygens (including phenoxy) is 2. The Morgan fingerprint density at radius 1 is 1.36 bits per heavy atom. The van der Waals surface area contributed by atoms with Crippen molar-refractivity contribution < 1.29 is 19.1 Å². The van der Waals surface area contributed by atoms with Crippen molar-refractivity contribution in [1.82, 2.24) is 10.2 Å². The van der Waals surface area contributed by atoms with Crippen LogP contribution in [0.15, 0.2) is 18.2 Å². The summed E-state index contributed by atoms with van der Waals surface area (Å²) in [4.78, 5) is 26.2. The molecule has 1 aromatic rings. The van der Waals surface area contributed by atoms with E-state index in [-0.39, 0.29) is 22.7 Å². The van der Waals surface area contributed by atoms with Crippen molar-refractivity contribution in [1.29, 1.82) is 0 Å². The standard InChI is InChI=1S/C18H24N2O4S/c1-18-8-6-16(21)20(18)13(11-25-18)17(22)19-9-7-12-4-5-14(23-2)15(10-12)24-3/h4-5,10,13H,6-9,11H2,1-3H3,(H,19,22)/t13-,18+/m1/s1. The fourth-order valence-corrected chi connectivity index (χ4v) is 4.93. The van der Waals surface area contributed by atoms with Gasteiger partial charge < -0.3 is 19.7 Å². The second kappa shape index (κ2) is 7.15. The van der Waals surface area contributed by atoms with Crippen molar-refractivity contribution in [3.05, 3.63) is 23.8 Å². The van der Waals surface area contributed by atoms with Crippen LogP contribution in [0.1, 0.15) is 25.3 Å². The quantitative estimate of drug-likeness (QED) is 0.834. The highest BCUT2D eigenvalue weighted by molar-refractivity contribution is 8.01. The molecule has 136 valence electrons. The zero-order valence-corrected chi connectivity index (χ0v) is 15.6. The Balaban J connectivity index is 1.56. The van der Waals surface area contributed by atoms with Gasteiger partial charge in [0.05, 0.1) is 19.1 Å². The molecule has 2 saturated heterocycles. The summed E-state index contributed by atoms with van der Waals surface area (Å²) >= 11 is 1.71. The van der Waals surface area contributed by atoms with Gasteiger partial charge >= 0.3 is 0 Å². The van der Waals surface area contributed by atoms with Gasteiger partial charge in [0.2, 0.25) is 11.8 Å². The zero-order chi connectivity index (χ0) is 18.0. The van der Waals surface area contributed by atoms with Crippen LogP contribution >= 0.6 is 11.8 Å². The third kappa shape index (κ3) is 3.42. The van der Waals surface area contributed by atoms with Crippen LogP contribution in [-0.2, 0) is 16.0 Å². The lowest BCUT2D eigenvalue weighted by Gasteiger charge is -2.29. The van der Waals surface area contributed by atoms with E-state index < -0.39 is 0 Å². The Bertz CT molecular complexity index is 681. The molecule has 1 N–H and O–H groups in total. The smallest absolute Gasteiger partial charge is 0.243 e. The molecule has 2 aliphatic heterocycles. The van der Waals surface area contributed by atoms with Gasteiger partial charge in [-0.15, -0.1) is 11.8 Å². The highest BCUT2D eigenvalue weighted by Gasteiger charge is 2.52. The number of carbonyl (C=O) groups is 2. The second-order valence-corrected chi connectivity index (χ2v) is 8.00. The molecule has 2 amide bonds. The van der Waals surface area contributed by atoms with Crippen LogP contribution in [-0.4, -0.2) is 54.1 Å². The number of nitrogens with one attached hydrogen (secondary N) is 1. The Hall–Kier alpha value is -1.89. The Morgan fingerprint density at radius 2 is 2.12 bits per heavy atom. The van der Waals surface area contributed by atoms with Crippen molar-refractivity contribution in [3.8, 4) is 11.5 Å². The van der Waals surface area contributed by atoms with E-state index in [1.165, 1.54) is 0 Å². The maximum Gasteiger partial charge on any atom is 0.243 e. The molecule has 2 atom stereocenters. The van der Waals surface area contributed by atoms with E-state index in [4.69, 9.17) is 9.47 Å². The number of methoxy groups -OCH3 is 2. The fraction of sp³-hybridized carbons (Fsp3) is 0.556. The van der Waals surface area contributed by atoms with E-state index in [0.717, 1.165) is 12.0 Å². The summed E-state index contributed by atoms with van der Waals surface area (Å²) in [6.07, 6.45) is 2.06. The third-order valence-corrected chi connectivity index (χ3v) is 6.41. The van der Waals surface area contributed by atoms with Crippen LogP contribution in [0.2, 0.25) is 0 Å². The molecule has 7 heteroatoms. The molecule has 2 aliphatic rings. The summed E-state index contributed by atoms with van der Waals surface area (Å²) in [5.74, 6) is 2.06. The van der Waals surface area contributed by atoms with Gasteiger partial charge in [-0.25, -0.2) is 0 Å². The number of rotatable bonds is 6. The van der Waals surface area contributed by atoms with Gasteiger partial charge in [0.25, 0.3) is 0 Å². The van der Waals surface area contributed by atoms with E-state index in [2.05, 4.69) is 12.2 Å². The van der Waals surface area contributed by atoms with Gasteiger partial charge in [-0.2, -0.15) is 0 Å². The highest BCUT2D eigenvalue weighted by Crippen LogP contribution is 2.47. The Kier molecular flexibility index (Phi) is 5.13. The molecule has 2 fully saturated rings. The minimum absolute atomic E-state index is 0.0630. The molecule has 1 aromatic carbocycles. The van der Waals surface area contributed by atoms with Gasteiger partial charge in [-0.3, -0.25) is 9.59 Å². The number of carbonyl (C=O) groups excluding carboxylic acids is 2. The first-order valence-corrected chi connectivity index (χ1v) is 9.42. The summed E-state index contributed by atoms with van der Waals surface area (Å²) in [7, 11) is 3.20. The molecule has 0 bridgehead atoms. The molecule has 2 heterocycles. The van der Waals surface area contributed by atoms with E-state index in [0.29, 0.717) is 36.6 Å². The molecule has 0 aliphatic carbocycles. The number of nitrogens with zero attached hydrogens (tertiary/aromatic N) is 1. The molecule has 0 aromatic heterocycles. The first-order chi connectivity index (χ1) is 12.0. The topological polar surface area (TPSA) is 67.9 Å². The lowest BCUT2D eigenvalue weighted by atomic mass is 10.1. The van der Waals surface area contributed by atoms with E-state index in [9.17, 15) is 9.59 Å². The summed E-state index contributed by atoms with van der Waals surface area (Å²) in [6.45, 7) is 2.58.